The summed E-state index contributed by atoms with van der Waals surface area (Å²) in [6.07, 6.45) is 0. The van der Waals surface area contributed by atoms with E-state index in [1.807, 2.05) is 20.8 Å². The maximum Gasteiger partial charge on any atom is 0.234 e. The molecule has 19 heavy (non-hydrogen) atoms. The molecule has 0 fully saturated rings. The van der Waals surface area contributed by atoms with Crippen LogP contribution in [0.2, 0.25) is 0 Å². The lowest BCUT2D eigenvalue weighted by atomic mass is 10.0. The Labute approximate surface area is 116 Å². The molecule has 0 bridgehead atoms. The summed E-state index contributed by atoms with van der Waals surface area (Å²) in [7, 11) is 0. The maximum atomic E-state index is 11.8. The number of rotatable bonds is 4. The first-order valence-corrected chi connectivity index (χ1v) is 6.80. The van der Waals surface area contributed by atoms with Crippen LogP contribution in [0.3, 0.4) is 0 Å². The van der Waals surface area contributed by atoms with E-state index >= 15 is 0 Å². The third-order valence-corrected chi connectivity index (χ3v) is 2.98. The minimum Gasteiger partial charge on any atom is -0.350 e. The quantitative estimate of drug-likeness (QED) is 0.876. The van der Waals surface area contributed by atoms with Crippen molar-refractivity contribution in [2.45, 2.75) is 53.1 Å². The summed E-state index contributed by atoms with van der Waals surface area (Å²) in [5.41, 5.74) is 3.59. The largest absolute Gasteiger partial charge is 0.350 e. The third-order valence-electron chi connectivity index (χ3n) is 2.98. The van der Waals surface area contributed by atoms with Crippen molar-refractivity contribution in [1.82, 2.24) is 10.6 Å². The molecule has 0 aliphatic heterocycles. The van der Waals surface area contributed by atoms with Crippen molar-refractivity contribution in [1.29, 1.82) is 0 Å². The second-order valence-electron chi connectivity index (χ2n) is 6.26. The summed E-state index contributed by atoms with van der Waals surface area (Å²) >= 11 is 0. The molecule has 0 heterocycles. The van der Waals surface area contributed by atoms with Gasteiger partial charge in [0, 0.05) is 11.6 Å². The van der Waals surface area contributed by atoms with Crippen LogP contribution in [-0.4, -0.2) is 18.0 Å². The van der Waals surface area contributed by atoms with Crippen LogP contribution in [0.1, 0.15) is 50.4 Å². The first-order valence-electron chi connectivity index (χ1n) is 6.80. The number of benzene rings is 1. The van der Waals surface area contributed by atoms with Crippen LogP contribution in [-0.2, 0) is 4.79 Å². The first-order chi connectivity index (χ1) is 8.69. The van der Waals surface area contributed by atoms with Crippen molar-refractivity contribution >= 4 is 5.91 Å². The minimum atomic E-state index is -0.179. The highest BCUT2D eigenvalue weighted by Crippen LogP contribution is 2.18. The van der Waals surface area contributed by atoms with Crippen LogP contribution in [0.5, 0.6) is 0 Å². The number of carbonyl (C=O) groups is 1. The second-order valence-corrected chi connectivity index (χ2v) is 6.26. The summed E-state index contributed by atoms with van der Waals surface area (Å²) in [6.45, 7) is 12.6. The Morgan fingerprint density at radius 2 is 1.89 bits per heavy atom. The molecule has 1 amide bonds. The molecule has 0 saturated heterocycles. The van der Waals surface area contributed by atoms with Gasteiger partial charge >= 0.3 is 0 Å². The molecule has 0 spiro atoms. The van der Waals surface area contributed by atoms with Crippen molar-refractivity contribution in [3.63, 3.8) is 0 Å². The topological polar surface area (TPSA) is 41.1 Å². The van der Waals surface area contributed by atoms with Gasteiger partial charge in [0.25, 0.3) is 0 Å². The van der Waals surface area contributed by atoms with Crippen LogP contribution in [0.25, 0.3) is 0 Å². The molecule has 1 aromatic rings. The second kappa shape index (κ2) is 6.20. The number of nitrogens with one attached hydrogen (secondary N) is 2. The Morgan fingerprint density at radius 3 is 2.42 bits per heavy atom. The van der Waals surface area contributed by atoms with E-state index in [2.05, 4.69) is 49.6 Å². The van der Waals surface area contributed by atoms with Gasteiger partial charge in [0.2, 0.25) is 5.91 Å². The number of carbonyl (C=O) groups excluding carboxylic acids is 1. The lowest BCUT2D eigenvalue weighted by molar-refractivity contribution is -0.121. The first kappa shape index (κ1) is 15.7. The van der Waals surface area contributed by atoms with E-state index in [9.17, 15) is 4.79 Å². The fourth-order valence-corrected chi connectivity index (χ4v) is 2.13. The summed E-state index contributed by atoms with van der Waals surface area (Å²) < 4.78 is 0. The van der Waals surface area contributed by atoms with Gasteiger partial charge in [0.15, 0.2) is 0 Å². The van der Waals surface area contributed by atoms with Crippen LogP contribution < -0.4 is 10.6 Å². The molecule has 106 valence electrons. The molecule has 3 heteroatoms. The van der Waals surface area contributed by atoms with E-state index in [0.29, 0.717) is 6.54 Å². The molecule has 0 aliphatic carbocycles. The van der Waals surface area contributed by atoms with Crippen LogP contribution in [0.4, 0.5) is 0 Å². The summed E-state index contributed by atoms with van der Waals surface area (Å²) in [5, 5.41) is 6.22. The van der Waals surface area contributed by atoms with Crippen molar-refractivity contribution in [2.75, 3.05) is 6.54 Å². The van der Waals surface area contributed by atoms with Crippen molar-refractivity contribution in [2.24, 2.45) is 0 Å². The molecule has 0 saturated carbocycles. The van der Waals surface area contributed by atoms with Crippen LogP contribution >= 0.6 is 0 Å². The molecule has 1 atom stereocenters. The molecule has 0 aliphatic rings. The van der Waals surface area contributed by atoms with Crippen molar-refractivity contribution in [3.05, 3.63) is 34.9 Å². The van der Waals surface area contributed by atoms with Gasteiger partial charge in [-0.05, 0) is 52.7 Å². The Balaban J connectivity index is 2.56. The van der Waals surface area contributed by atoms with E-state index in [1.165, 1.54) is 16.7 Å². The Bertz CT molecular complexity index is 447. The maximum absolute atomic E-state index is 11.8. The van der Waals surface area contributed by atoms with Gasteiger partial charge in [0.05, 0.1) is 6.54 Å². The predicted octanol–water partition coefficient (Wildman–Crippen LogP) is 2.87. The van der Waals surface area contributed by atoms with Gasteiger partial charge in [-0.15, -0.1) is 0 Å². The Morgan fingerprint density at radius 1 is 1.26 bits per heavy atom. The van der Waals surface area contributed by atoms with Gasteiger partial charge in [-0.25, -0.2) is 0 Å². The van der Waals surface area contributed by atoms with Crippen molar-refractivity contribution in [3.8, 4) is 0 Å². The Hall–Kier alpha value is -1.35. The molecule has 1 aromatic carbocycles. The molecule has 1 unspecified atom stereocenters. The highest BCUT2D eigenvalue weighted by atomic mass is 16.2. The zero-order valence-electron chi connectivity index (χ0n) is 12.9. The molecule has 0 aromatic heterocycles. The van der Waals surface area contributed by atoms with E-state index in [1.54, 1.807) is 0 Å². The standard InChI is InChI=1S/C16H26N2O/c1-11-7-8-14(12(2)9-11)13(3)17-10-15(19)18-16(4,5)6/h7-9,13,17H,10H2,1-6H3,(H,18,19). The molecule has 0 radical (unpaired) electrons. The number of hydrogen-bond donors (Lipinski definition) is 2. The third kappa shape index (κ3) is 5.43. The predicted molar refractivity (Wildman–Crippen MR) is 80.2 cm³/mol. The van der Waals surface area contributed by atoms with Gasteiger partial charge in [-0.3, -0.25) is 4.79 Å². The van der Waals surface area contributed by atoms with E-state index in [-0.39, 0.29) is 17.5 Å². The summed E-state index contributed by atoms with van der Waals surface area (Å²) in [4.78, 5) is 11.8. The van der Waals surface area contributed by atoms with Gasteiger partial charge in [-0.2, -0.15) is 0 Å². The van der Waals surface area contributed by atoms with Crippen molar-refractivity contribution < 1.29 is 4.79 Å². The lowest BCUT2D eigenvalue weighted by Crippen LogP contribution is -2.45. The van der Waals surface area contributed by atoms with Crippen LogP contribution in [0.15, 0.2) is 18.2 Å². The average Bonchev–Trinajstić information content (AvgIpc) is 2.23. The zero-order chi connectivity index (χ0) is 14.6. The molecular weight excluding hydrogens is 236 g/mol. The summed E-state index contributed by atoms with van der Waals surface area (Å²) in [5.74, 6) is 0.0316. The number of aryl methyl sites for hydroxylation is 2. The highest BCUT2D eigenvalue weighted by Gasteiger charge is 2.15. The summed E-state index contributed by atoms with van der Waals surface area (Å²) in [6, 6.07) is 6.58. The monoisotopic (exact) mass is 262 g/mol. The fraction of sp³-hybridized carbons (Fsp3) is 0.562. The van der Waals surface area contributed by atoms with Gasteiger partial charge in [0.1, 0.15) is 0 Å². The zero-order valence-corrected chi connectivity index (χ0v) is 12.9. The highest BCUT2D eigenvalue weighted by molar-refractivity contribution is 5.78. The molecular formula is C16H26N2O. The van der Waals surface area contributed by atoms with Gasteiger partial charge < -0.3 is 10.6 Å². The number of hydrogen-bond acceptors (Lipinski definition) is 2. The normalized spacial score (nSPS) is 13.2. The smallest absolute Gasteiger partial charge is 0.234 e. The van der Waals surface area contributed by atoms with E-state index in [0.717, 1.165) is 0 Å². The SMILES string of the molecule is Cc1ccc(C(C)NCC(=O)NC(C)(C)C)c(C)c1. The van der Waals surface area contributed by atoms with E-state index < -0.39 is 0 Å². The molecule has 2 N–H and O–H groups in total. The lowest BCUT2D eigenvalue weighted by Gasteiger charge is -2.22. The average molecular weight is 262 g/mol. The minimum absolute atomic E-state index is 0.0316. The molecule has 3 nitrogen and oxygen atoms in total. The fourth-order valence-electron chi connectivity index (χ4n) is 2.13. The van der Waals surface area contributed by atoms with E-state index in [4.69, 9.17) is 0 Å². The van der Waals surface area contributed by atoms with Crippen LogP contribution in [0, 0.1) is 13.8 Å². The Kier molecular flexibility index (Phi) is 5.12. The molecule has 1 rings (SSSR count). The number of amides is 1. The van der Waals surface area contributed by atoms with Gasteiger partial charge in [-0.1, -0.05) is 23.8 Å².